The highest BCUT2D eigenvalue weighted by Gasteiger charge is 1.99. The number of halogens is 1. The number of aromatic nitrogens is 3. The van der Waals surface area contributed by atoms with Crippen LogP contribution < -0.4 is 5.73 Å². The molecule has 0 bridgehead atoms. The Kier molecular flexibility index (Phi) is 2.97. The van der Waals surface area contributed by atoms with Gasteiger partial charge in [-0.3, -0.25) is 4.39 Å². The number of hydrogen-bond acceptors (Lipinski definition) is 3. The average molecular weight is 158 g/mol. The maximum atomic E-state index is 11.7. The highest BCUT2D eigenvalue weighted by molar-refractivity contribution is 4.81. The first-order valence-corrected chi connectivity index (χ1v) is 3.51. The molecular weight excluding hydrogens is 147 g/mol. The van der Waals surface area contributed by atoms with Gasteiger partial charge in [0.2, 0.25) is 0 Å². The molecule has 0 fully saturated rings. The van der Waals surface area contributed by atoms with E-state index in [2.05, 4.69) is 10.1 Å². The van der Waals surface area contributed by atoms with E-state index in [9.17, 15) is 4.39 Å². The first kappa shape index (κ1) is 8.13. The van der Waals surface area contributed by atoms with Crippen LogP contribution in [0.4, 0.5) is 4.39 Å². The summed E-state index contributed by atoms with van der Waals surface area (Å²) >= 11 is 0. The Morgan fingerprint density at radius 2 is 2.45 bits per heavy atom. The monoisotopic (exact) mass is 158 g/mol. The van der Waals surface area contributed by atoms with Gasteiger partial charge in [-0.05, 0) is 6.42 Å². The minimum atomic E-state index is -0.329. The van der Waals surface area contributed by atoms with Crippen LogP contribution in [0.2, 0.25) is 0 Å². The molecule has 0 unspecified atom stereocenters. The lowest BCUT2D eigenvalue weighted by Gasteiger charge is -2.00. The van der Waals surface area contributed by atoms with E-state index in [0.717, 1.165) is 0 Å². The molecule has 4 nitrogen and oxygen atoms in total. The van der Waals surface area contributed by atoms with E-state index < -0.39 is 0 Å². The normalized spacial score (nSPS) is 10.4. The standard InChI is InChI=1S/C6H11FN4/c7-2-1-3-11-6(4-8)9-5-10-11/h5H,1-4,8H2. The summed E-state index contributed by atoms with van der Waals surface area (Å²) in [4.78, 5) is 3.89. The quantitative estimate of drug-likeness (QED) is 0.676. The molecule has 0 aliphatic rings. The van der Waals surface area contributed by atoms with Gasteiger partial charge in [0.05, 0.1) is 13.2 Å². The highest BCUT2D eigenvalue weighted by Crippen LogP contribution is 1.94. The fourth-order valence-corrected chi connectivity index (χ4v) is 0.842. The minimum Gasteiger partial charge on any atom is -0.324 e. The molecule has 0 spiro atoms. The largest absolute Gasteiger partial charge is 0.324 e. The summed E-state index contributed by atoms with van der Waals surface area (Å²) in [5.41, 5.74) is 5.35. The van der Waals surface area contributed by atoms with Gasteiger partial charge in [0.1, 0.15) is 12.2 Å². The van der Waals surface area contributed by atoms with Gasteiger partial charge in [-0.15, -0.1) is 0 Å². The average Bonchev–Trinajstić information content (AvgIpc) is 2.47. The van der Waals surface area contributed by atoms with Crippen molar-refractivity contribution in [2.75, 3.05) is 6.67 Å². The van der Waals surface area contributed by atoms with Crippen LogP contribution in [0, 0.1) is 0 Å². The SMILES string of the molecule is NCc1ncnn1CCCF. The summed E-state index contributed by atoms with van der Waals surface area (Å²) in [5.74, 6) is 0.707. The Bertz CT molecular complexity index is 210. The lowest BCUT2D eigenvalue weighted by atomic mass is 10.4. The molecule has 1 heterocycles. The minimum absolute atomic E-state index is 0.329. The molecule has 2 N–H and O–H groups in total. The fraction of sp³-hybridized carbons (Fsp3) is 0.667. The van der Waals surface area contributed by atoms with Crippen LogP contribution in [0.25, 0.3) is 0 Å². The van der Waals surface area contributed by atoms with Gasteiger partial charge in [-0.2, -0.15) is 5.10 Å². The molecule has 0 aliphatic carbocycles. The molecule has 62 valence electrons. The van der Waals surface area contributed by atoms with Gasteiger partial charge in [-0.25, -0.2) is 9.67 Å². The Morgan fingerprint density at radius 3 is 3.09 bits per heavy atom. The van der Waals surface area contributed by atoms with E-state index in [-0.39, 0.29) is 6.67 Å². The third-order valence-electron chi connectivity index (χ3n) is 1.38. The number of nitrogens with two attached hydrogens (primary N) is 1. The third-order valence-corrected chi connectivity index (χ3v) is 1.38. The molecule has 1 aromatic rings. The topological polar surface area (TPSA) is 56.7 Å². The van der Waals surface area contributed by atoms with Gasteiger partial charge < -0.3 is 5.73 Å². The van der Waals surface area contributed by atoms with Gasteiger partial charge in [0, 0.05) is 6.54 Å². The Hall–Kier alpha value is -0.970. The molecule has 0 saturated carbocycles. The molecule has 0 atom stereocenters. The molecule has 0 amide bonds. The van der Waals surface area contributed by atoms with Crippen molar-refractivity contribution >= 4 is 0 Å². The van der Waals surface area contributed by atoms with Crippen LogP contribution in [0.15, 0.2) is 6.33 Å². The second-order valence-corrected chi connectivity index (χ2v) is 2.15. The van der Waals surface area contributed by atoms with Crippen molar-refractivity contribution in [3.63, 3.8) is 0 Å². The van der Waals surface area contributed by atoms with E-state index in [1.807, 2.05) is 0 Å². The zero-order valence-electron chi connectivity index (χ0n) is 6.20. The van der Waals surface area contributed by atoms with Crippen LogP contribution in [0.5, 0.6) is 0 Å². The van der Waals surface area contributed by atoms with E-state index in [1.54, 1.807) is 4.68 Å². The molecule has 11 heavy (non-hydrogen) atoms. The van der Waals surface area contributed by atoms with Crippen LogP contribution >= 0.6 is 0 Å². The molecule has 0 radical (unpaired) electrons. The first-order chi connectivity index (χ1) is 5.38. The summed E-state index contributed by atoms with van der Waals surface area (Å²) in [7, 11) is 0. The smallest absolute Gasteiger partial charge is 0.140 e. The summed E-state index contributed by atoms with van der Waals surface area (Å²) < 4.78 is 13.4. The van der Waals surface area contributed by atoms with Crippen LogP contribution in [-0.2, 0) is 13.1 Å². The maximum absolute atomic E-state index is 11.7. The summed E-state index contributed by atoms with van der Waals surface area (Å²) in [6.45, 7) is 0.583. The molecule has 1 rings (SSSR count). The van der Waals surface area contributed by atoms with Crippen molar-refractivity contribution < 1.29 is 4.39 Å². The Labute approximate surface area is 64.2 Å². The fourth-order valence-electron chi connectivity index (χ4n) is 0.842. The van der Waals surface area contributed by atoms with E-state index >= 15 is 0 Å². The van der Waals surface area contributed by atoms with E-state index in [0.29, 0.717) is 25.3 Å². The summed E-state index contributed by atoms with van der Waals surface area (Å²) in [6, 6.07) is 0. The van der Waals surface area contributed by atoms with E-state index in [1.165, 1.54) is 6.33 Å². The number of hydrogen-bond donors (Lipinski definition) is 1. The van der Waals surface area contributed by atoms with Crippen molar-refractivity contribution in [2.24, 2.45) is 5.73 Å². The second kappa shape index (κ2) is 4.02. The van der Waals surface area contributed by atoms with Crippen LogP contribution in [-0.4, -0.2) is 21.4 Å². The second-order valence-electron chi connectivity index (χ2n) is 2.15. The zero-order valence-corrected chi connectivity index (χ0v) is 6.20. The summed E-state index contributed by atoms with van der Waals surface area (Å²) in [5, 5.41) is 3.88. The summed E-state index contributed by atoms with van der Waals surface area (Å²) in [6.07, 6.45) is 1.90. The van der Waals surface area contributed by atoms with Gasteiger partial charge in [0.15, 0.2) is 0 Å². The van der Waals surface area contributed by atoms with Gasteiger partial charge in [0.25, 0.3) is 0 Å². The Morgan fingerprint density at radius 1 is 1.64 bits per heavy atom. The maximum Gasteiger partial charge on any atom is 0.140 e. The lowest BCUT2D eigenvalue weighted by Crippen LogP contribution is -2.10. The predicted molar refractivity (Wildman–Crippen MR) is 38.5 cm³/mol. The number of nitrogens with zero attached hydrogens (tertiary/aromatic N) is 3. The Balaban J connectivity index is 2.54. The van der Waals surface area contributed by atoms with Crippen molar-refractivity contribution in [1.29, 1.82) is 0 Å². The van der Waals surface area contributed by atoms with Crippen molar-refractivity contribution in [3.05, 3.63) is 12.2 Å². The number of rotatable bonds is 4. The zero-order chi connectivity index (χ0) is 8.10. The molecular formula is C6H11FN4. The van der Waals surface area contributed by atoms with Gasteiger partial charge in [-0.1, -0.05) is 0 Å². The van der Waals surface area contributed by atoms with Crippen LogP contribution in [0.1, 0.15) is 12.2 Å². The van der Waals surface area contributed by atoms with Crippen LogP contribution in [0.3, 0.4) is 0 Å². The third kappa shape index (κ3) is 1.98. The lowest BCUT2D eigenvalue weighted by molar-refractivity contribution is 0.429. The molecule has 0 saturated heterocycles. The number of aryl methyl sites for hydroxylation is 1. The van der Waals surface area contributed by atoms with Crippen molar-refractivity contribution in [1.82, 2.24) is 14.8 Å². The number of alkyl halides is 1. The van der Waals surface area contributed by atoms with Gasteiger partial charge >= 0.3 is 0 Å². The first-order valence-electron chi connectivity index (χ1n) is 3.51. The highest BCUT2D eigenvalue weighted by atomic mass is 19.1. The van der Waals surface area contributed by atoms with E-state index in [4.69, 9.17) is 5.73 Å². The molecule has 0 aromatic carbocycles. The molecule has 0 aliphatic heterocycles. The van der Waals surface area contributed by atoms with Crippen molar-refractivity contribution in [3.8, 4) is 0 Å². The molecule has 1 aromatic heterocycles. The predicted octanol–water partition coefficient (Wildman–Crippen LogP) is 0.0964. The molecule has 5 heteroatoms. The van der Waals surface area contributed by atoms with Crippen molar-refractivity contribution in [2.45, 2.75) is 19.5 Å².